The average molecular weight is 444 g/mol. The topological polar surface area (TPSA) is 81.7 Å². The summed E-state index contributed by atoms with van der Waals surface area (Å²) in [5.41, 5.74) is 2.90. The van der Waals surface area contributed by atoms with E-state index in [2.05, 4.69) is 5.32 Å². The summed E-state index contributed by atoms with van der Waals surface area (Å²) in [6.45, 7) is 0. The predicted molar refractivity (Wildman–Crippen MR) is 120 cm³/mol. The Bertz CT molecular complexity index is 1060. The van der Waals surface area contributed by atoms with Crippen molar-refractivity contribution in [1.29, 1.82) is 0 Å². The van der Waals surface area contributed by atoms with Gasteiger partial charge in [-0.1, -0.05) is 6.07 Å². The normalized spacial score (nSPS) is 16.2. The summed E-state index contributed by atoms with van der Waals surface area (Å²) in [6.07, 6.45) is 7.39. The summed E-state index contributed by atoms with van der Waals surface area (Å²) in [7, 11) is -1.93. The van der Waals surface area contributed by atoms with Crippen molar-refractivity contribution in [2.45, 2.75) is 62.4 Å². The fourth-order valence-electron chi connectivity index (χ4n) is 4.34. The Labute approximate surface area is 183 Å². The molecule has 166 valence electrons. The Morgan fingerprint density at radius 3 is 2.55 bits per heavy atom. The van der Waals surface area contributed by atoms with E-state index in [9.17, 15) is 13.2 Å². The lowest BCUT2D eigenvalue weighted by Crippen LogP contribution is -2.18. The van der Waals surface area contributed by atoms with Crippen molar-refractivity contribution in [3.63, 3.8) is 0 Å². The highest BCUT2D eigenvalue weighted by Crippen LogP contribution is 2.34. The van der Waals surface area contributed by atoms with Gasteiger partial charge >= 0.3 is 0 Å². The molecule has 0 aromatic heterocycles. The molecule has 0 aliphatic heterocycles. The van der Waals surface area contributed by atoms with Crippen molar-refractivity contribution in [2.24, 2.45) is 0 Å². The van der Waals surface area contributed by atoms with Crippen LogP contribution in [0.5, 0.6) is 11.5 Å². The van der Waals surface area contributed by atoms with Gasteiger partial charge in [0.15, 0.2) is 21.3 Å². The van der Waals surface area contributed by atoms with E-state index in [1.165, 1.54) is 5.56 Å². The Balaban J connectivity index is 1.38. The molecule has 1 fully saturated rings. The highest BCUT2D eigenvalue weighted by molar-refractivity contribution is 7.91. The SMILES string of the molecule is COc1ccc(NC(=O)CCS(=O)(=O)c2ccc3c(c2)CCC3)cc1OC1CCCC1. The molecule has 0 bridgehead atoms. The first kappa shape index (κ1) is 21.7. The molecule has 0 heterocycles. The van der Waals surface area contributed by atoms with Crippen molar-refractivity contribution in [2.75, 3.05) is 18.2 Å². The van der Waals surface area contributed by atoms with Gasteiger partial charge in [-0.15, -0.1) is 0 Å². The van der Waals surface area contributed by atoms with Crippen molar-refractivity contribution in [3.8, 4) is 11.5 Å². The van der Waals surface area contributed by atoms with Crippen molar-refractivity contribution >= 4 is 21.4 Å². The van der Waals surface area contributed by atoms with Crippen LogP contribution in [0.25, 0.3) is 0 Å². The second-order valence-corrected chi connectivity index (χ2v) is 10.4. The van der Waals surface area contributed by atoms with Crippen LogP contribution < -0.4 is 14.8 Å². The molecule has 2 aromatic carbocycles. The second-order valence-electron chi connectivity index (χ2n) is 8.29. The van der Waals surface area contributed by atoms with Crippen LogP contribution in [-0.2, 0) is 27.5 Å². The highest BCUT2D eigenvalue weighted by Gasteiger charge is 2.21. The minimum absolute atomic E-state index is 0.107. The van der Waals surface area contributed by atoms with E-state index < -0.39 is 9.84 Å². The van der Waals surface area contributed by atoms with Gasteiger partial charge in [-0.05, 0) is 80.3 Å². The number of benzene rings is 2. The fourth-order valence-corrected chi connectivity index (χ4v) is 5.63. The van der Waals surface area contributed by atoms with Gasteiger partial charge in [0, 0.05) is 18.2 Å². The van der Waals surface area contributed by atoms with Crippen LogP contribution >= 0.6 is 0 Å². The van der Waals surface area contributed by atoms with Crippen molar-refractivity contribution < 1.29 is 22.7 Å². The number of fused-ring (bicyclic) bond motifs is 1. The summed E-state index contributed by atoms with van der Waals surface area (Å²) < 4.78 is 36.8. The molecule has 4 rings (SSSR count). The van der Waals surface area contributed by atoms with Gasteiger partial charge in [-0.2, -0.15) is 0 Å². The summed E-state index contributed by atoms with van der Waals surface area (Å²) in [5, 5.41) is 2.79. The summed E-state index contributed by atoms with van der Waals surface area (Å²) in [4.78, 5) is 12.7. The number of ether oxygens (including phenoxy) is 2. The van der Waals surface area contributed by atoms with Crippen LogP contribution in [0.2, 0.25) is 0 Å². The fraction of sp³-hybridized carbons (Fsp3) is 0.458. The third kappa shape index (κ3) is 5.21. The predicted octanol–water partition coefficient (Wildman–Crippen LogP) is 4.31. The van der Waals surface area contributed by atoms with E-state index >= 15 is 0 Å². The molecule has 31 heavy (non-hydrogen) atoms. The van der Waals surface area contributed by atoms with Crippen molar-refractivity contribution in [3.05, 3.63) is 47.5 Å². The lowest BCUT2D eigenvalue weighted by molar-refractivity contribution is -0.115. The number of carbonyl (C=O) groups excluding carboxylic acids is 1. The molecule has 2 aliphatic rings. The van der Waals surface area contributed by atoms with E-state index in [1.807, 2.05) is 6.07 Å². The monoisotopic (exact) mass is 443 g/mol. The Kier molecular flexibility index (Phi) is 6.51. The van der Waals surface area contributed by atoms with Crippen LogP contribution in [0.4, 0.5) is 5.69 Å². The number of sulfone groups is 1. The first-order valence-corrected chi connectivity index (χ1v) is 12.6. The Hall–Kier alpha value is -2.54. The number of aryl methyl sites for hydroxylation is 2. The Morgan fingerprint density at radius 1 is 1.00 bits per heavy atom. The van der Waals surface area contributed by atoms with Crippen LogP contribution in [0, 0.1) is 0 Å². The molecule has 0 atom stereocenters. The molecule has 7 heteroatoms. The summed E-state index contributed by atoms with van der Waals surface area (Å²) in [6, 6.07) is 10.6. The van der Waals surface area contributed by atoms with Crippen LogP contribution in [0.15, 0.2) is 41.3 Å². The zero-order valence-corrected chi connectivity index (χ0v) is 18.7. The molecule has 0 spiro atoms. The standard InChI is InChI=1S/C24H29NO5S/c1-29-22-12-10-19(16-23(22)30-20-7-2-3-8-20)25-24(26)13-14-31(27,28)21-11-9-17-5-4-6-18(17)15-21/h9-12,15-16,20H,2-8,13-14H2,1H3,(H,25,26). The van der Waals surface area contributed by atoms with Crippen LogP contribution in [-0.4, -0.2) is 33.3 Å². The van der Waals surface area contributed by atoms with E-state index in [-0.39, 0.29) is 24.2 Å². The van der Waals surface area contributed by atoms with Gasteiger partial charge in [0.1, 0.15) is 0 Å². The number of nitrogens with one attached hydrogen (secondary N) is 1. The first-order chi connectivity index (χ1) is 14.9. The van der Waals surface area contributed by atoms with Gasteiger partial charge in [-0.25, -0.2) is 8.42 Å². The number of carbonyl (C=O) groups is 1. The smallest absolute Gasteiger partial charge is 0.225 e. The zero-order valence-electron chi connectivity index (χ0n) is 17.9. The molecule has 2 aromatic rings. The minimum atomic E-state index is -3.51. The molecular formula is C24H29NO5S. The van der Waals surface area contributed by atoms with Crippen molar-refractivity contribution in [1.82, 2.24) is 0 Å². The molecule has 6 nitrogen and oxygen atoms in total. The van der Waals surface area contributed by atoms with E-state index in [0.29, 0.717) is 22.1 Å². The molecule has 0 radical (unpaired) electrons. The maximum atomic E-state index is 12.7. The number of rotatable bonds is 8. The van der Waals surface area contributed by atoms with E-state index in [1.54, 1.807) is 37.4 Å². The molecule has 1 N–H and O–H groups in total. The third-order valence-corrected chi connectivity index (χ3v) is 7.78. The molecule has 1 amide bonds. The largest absolute Gasteiger partial charge is 0.493 e. The zero-order chi connectivity index (χ0) is 21.8. The van der Waals surface area contributed by atoms with E-state index in [4.69, 9.17) is 9.47 Å². The number of anilines is 1. The molecule has 0 saturated heterocycles. The van der Waals surface area contributed by atoms with Crippen LogP contribution in [0.1, 0.15) is 49.7 Å². The van der Waals surface area contributed by atoms with Gasteiger partial charge < -0.3 is 14.8 Å². The number of hydrogen-bond acceptors (Lipinski definition) is 5. The lowest BCUT2D eigenvalue weighted by Gasteiger charge is -2.17. The number of methoxy groups -OCH3 is 1. The van der Waals surface area contributed by atoms with Gasteiger partial charge in [0.2, 0.25) is 5.91 Å². The van der Waals surface area contributed by atoms with Crippen LogP contribution in [0.3, 0.4) is 0 Å². The lowest BCUT2D eigenvalue weighted by atomic mass is 10.1. The molecule has 1 saturated carbocycles. The molecular weight excluding hydrogens is 414 g/mol. The summed E-state index contributed by atoms with van der Waals surface area (Å²) in [5.74, 6) is 0.642. The minimum Gasteiger partial charge on any atom is -0.493 e. The average Bonchev–Trinajstić information content (AvgIpc) is 3.44. The maximum absolute atomic E-state index is 12.7. The summed E-state index contributed by atoms with van der Waals surface area (Å²) >= 11 is 0. The van der Waals surface area contributed by atoms with Gasteiger partial charge in [0.25, 0.3) is 0 Å². The third-order valence-electron chi connectivity index (χ3n) is 6.07. The quantitative estimate of drug-likeness (QED) is 0.658. The Morgan fingerprint density at radius 2 is 1.77 bits per heavy atom. The molecule has 0 unspecified atom stereocenters. The number of hydrogen-bond donors (Lipinski definition) is 1. The number of amides is 1. The molecule has 2 aliphatic carbocycles. The first-order valence-electron chi connectivity index (χ1n) is 10.9. The highest BCUT2D eigenvalue weighted by atomic mass is 32.2. The maximum Gasteiger partial charge on any atom is 0.225 e. The second kappa shape index (κ2) is 9.30. The van der Waals surface area contributed by atoms with E-state index in [0.717, 1.165) is 50.5 Å². The van der Waals surface area contributed by atoms with Gasteiger partial charge in [-0.3, -0.25) is 4.79 Å². The van der Waals surface area contributed by atoms with Gasteiger partial charge in [0.05, 0.1) is 23.9 Å².